The molecule has 15 heavy (non-hydrogen) atoms. The van der Waals surface area contributed by atoms with E-state index < -0.39 is 0 Å². The Morgan fingerprint density at radius 1 is 1.47 bits per heavy atom. The van der Waals surface area contributed by atoms with Gasteiger partial charge in [0.05, 0.1) is 0 Å². The summed E-state index contributed by atoms with van der Waals surface area (Å²) in [4.78, 5) is 11.5. The van der Waals surface area contributed by atoms with Gasteiger partial charge in [0.25, 0.3) is 0 Å². The maximum Gasteiger partial charge on any atom is 0.161 e. The summed E-state index contributed by atoms with van der Waals surface area (Å²) < 4.78 is 1.89. The van der Waals surface area contributed by atoms with Gasteiger partial charge in [0, 0.05) is 21.1 Å². The quantitative estimate of drug-likeness (QED) is 0.864. The van der Waals surface area contributed by atoms with E-state index in [-0.39, 0.29) is 5.78 Å². The van der Waals surface area contributed by atoms with E-state index in [1.165, 1.54) is 6.08 Å². The lowest BCUT2D eigenvalue weighted by Gasteiger charge is -2.02. The first-order chi connectivity index (χ1) is 6.99. The SMILES string of the molecule is C/C(N)=C/C(=O)Cc1cc(Br)ccc1Br. The minimum absolute atomic E-state index is 0.00815. The maximum absolute atomic E-state index is 11.5. The van der Waals surface area contributed by atoms with Crippen LogP contribution in [0.4, 0.5) is 0 Å². The van der Waals surface area contributed by atoms with Gasteiger partial charge in [0.15, 0.2) is 5.78 Å². The molecule has 2 N–H and O–H groups in total. The molecule has 4 heteroatoms. The molecule has 0 bridgehead atoms. The lowest BCUT2D eigenvalue weighted by Crippen LogP contribution is -2.03. The van der Waals surface area contributed by atoms with Crippen molar-refractivity contribution in [3.8, 4) is 0 Å². The van der Waals surface area contributed by atoms with Gasteiger partial charge >= 0.3 is 0 Å². The Morgan fingerprint density at radius 2 is 2.13 bits per heavy atom. The minimum atomic E-state index is 0.00815. The van der Waals surface area contributed by atoms with E-state index in [4.69, 9.17) is 5.73 Å². The molecular weight excluding hydrogens is 322 g/mol. The number of halogens is 2. The summed E-state index contributed by atoms with van der Waals surface area (Å²) in [5, 5.41) is 0. The summed E-state index contributed by atoms with van der Waals surface area (Å²) in [5.41, 5.74) is 6.92. The summed E-state index contributed by atoms with van der Waals surface area (Å²) in [6.07, 6.45) is 1.81. The van der Waals surface area contributed by atoms with Crippen LogP contribution in [0.1, 0.15) is 12.5 Å². The van der Waals surface area contributed by atoms with Gasteiger partial charge in [-0.1, -0.05) is 31.9 Å². The molecule has 0 saturated heterocycles. The first-order valence-corrected chi connectivity index (χ1v) is 5.98. The zero-order valence-corrected chi connectivity index (χ0v) is 11.4. The van der Waals surface area contributed by atoms with Gasteiger partial charge in [-0.05, 0) is 36.8 Å². The molecule has 0 unspecified atom stereocenters. The third kappa shape index (κ3) is 4.18. The molecular formula is C11H11Br2NO. The highest BCUT2D eigenvalue weighted by Crippen LogP contribution is 2.22. The second-order valence-corrected chi connectivity index (χ2v) is 5.04. The van der Waals surface area contributed by atoms with E-state index in [1.54, 1.807) is 6.92 Å². The average Bonchev–Trinajstić information content (AvgIpc) is 2.10. The number of allylic oxidation sites excluding steroid dienone is 2. The molecule has 0 spiro atoms. The van der Waals surface area contributed by atoms with Gasteiger partial charge in [-0.25, -0.2) is 0 Å². The van der Waals surface area contributed by atoms with Crippen molar-refractivity contribution >= 4 is 37.6 Å². The third-order valence-electron chi connectivity index (χ3n) is 1.76. The van der Waals surface area contributed by atoms with E-state index in [0.717, 1.165) is 14.5 Å². The second-order valence-electron chi connectivity index (χ2n) is 3.27. The van der Waals surface area contributed by atoms with Crippen molar-refractivity contribution in [1.29, 1.82) is 0 Å². The molecule has 0 heterocycles. The molecule has 1 aromatic carbocycles. The van der Waals surface area contributed by atoms with E-state index in [9.17, 15) is 4.79 Å². The van der Waals surface area contributed by atoms with Gasteiger partial charge in [0.1, 0.15) is 0 Å². The molecule has 0 aliphatic rings. The lowest BCUT2D eigenvalue weighted by atomic mass is 10.1. The predicted molar refractivity (Wildman–Crippen MR) is 68.5 cm³/mol. The van der Waals surface area contributed by atoms with E-state index >= 15 is 0 Å². The van der Waals surface area contributed by atoms with E-state index in [0.29, 0.717) is 12.1 Å². The monoisotopic (exact) mass is 331 g/mol. The molecule has 2 nitrogen and oxygen atoms in total. The first-order valence-electron chi connectivity index (χ1n) is 4.39. The second kappa shape index (κ2) is 5.47. The Kier molecular flexibility index (Phi) is 4.54. The van der Waals surface area contributed by atoms with Crippen molar-refractivity contribution < 1.29 is 4.79 Å². The van der Waals surface area contributed by atoms with Gasteiger partial charge < -0.3 is 5.73 Å². The lowest BCUT2D eigenvalue weighted by molar-refractivity contribution is -0.114. The number of carbonyl (C=O) groups is 1. The summed E-state index contributed by atoms with van der Waals surface area (Å²) in [5.74, 6) is 0.00815. The Balaban J connectivity index is 2.85. The Bertz CT molecular complexity index is 409. The molecule has 80 valence electrons. The van der Waals surface area contributed by atoms with Crippen molar-refractivity contribution in [3.05, 3.63) is 44.5 Å². The van der Waals surface area contributed by atoms with Crippen LogP contribution in [0.25, 0.3) is 0 Å². The number of nitrogens with two attached hydrogens (primary N) is 1. The van der Waals surface area contributed by atoms with Crippen molar-refractivity contribution in [1.82, 2.24) is 0 Å². The summed E-state index contributed by atoms with van der Waals surface area (Å²) in [6, 6.07) is 5.75. The van der Waals surface area contributed by atoms with Crippen LogP contribution in [0, 0.1) is 0 Å². The highest BCUT2D eigenvalue weighted by Gasteiger charge is 2.05. The maximum atomic E-state index is 11.5. The smallest absolute Gasteiger partial charge is 0.161 e. The van der Waals surface area contributed by atoms with Gasteiger partial charge in [-0.2, -0.15) is 0 Å². The Morgan fingerprint density at radius 3 is 2.73 bits per heavy atom. The number of carbonyl (C=O) groups excluding carboxylic acids is 1. The normalized spacial score (nSPS) is 11.5. The van der Waals surface area contributed by atoms with Crippen LogP contribution in [-0.2, 0) is 11.2 Å². The fourth-order valence-electron chi connectivity index (χ4n) is 1.17. The van der Waals surface area contributed by atoms with Crippen molar-refractivity contribution in [2.75, 3.05) is 0 Å². The molecule has 0 aromatic heterocycles. The van der Waals surface area contributed by atoms with Crippen LogP contribution in [0.15, 0.2) is 38.9 Å². The van der Waals surface area contributed by atoms with Crippen LogP contribution in [0.3, 0.4) is 0 Å². The molecule has 0 atom stereocenters. The van der Waals surface area contributed by atoms with Gasteiger partial charge in [-0.3, -0.25) is 4.79 Å². The minimum Gasteiger partial charge on any atom is -0.402 e. The largest absolute Gasteiger partial charge is 0.402 e. The van der Waals surface area contributed by atoms with E-state index in [1.807, 2.05) is 18.2 Å². The summed E-state index contributed by atoms with van der Waals surface area (Å²) in [6.45, 7) is 1.70. The number of ketones is 1. The number of hydrogen-bond acceptors (Lipinski definition) is 2. The van der Waals surface area contributed by atoms with Gasteiger partial charge in [-0.15, -0.1) is 0 Å². The van der Waals surface area contributed by atoms with Crippen LogP contribution in [-0.4, -0.2) is 5.78 Å². The molecule has 1 aromatic rings. The molecule has 0 aliphatic carbocycles. The molecule has 1 rings (SSSR count). The Hall–Kier alpha value is -0.610. The summed E-state index contributed by atoms with van der Waals surface area (Å²) >= 11 is 6.76. The topological polar surface area (TPSA) is 43.1 Å². The molecule has 0 saturated carbocycles. The fourth-order valence-corrected chi connectivity index (χ4v) is 1.97. The van der Waals surface area contributed by atoms with Crippen molar-refractivity contribution in [3.63, 3.8) is 0 Å². The molecule has 0 amide bonds. The van der Waals surface area contributed by atoms with Crippen LogP contribution >= 0.6 is 31.9 Å². The fraction of sp³-hybridized carbons (Fsp3) is 0.182. The molecule has 0 radical (unpaired) electrons. The predicted octanol–water partition coefficient (Wildman–Crippen LogP) is 3.19. The van der Waals surface area contributed by atoms with Crippen molar-refractivity contribution in [2.45, 2.75) is 13.3 Å². The molecule has 0 fully saturated rings. The van der Waals surface area contributed by atoms with Crippen LogP contribution < -0.4 is 5.73 Å². The standard InChI is InChI=1S/C11H11Br2NO/c1-7(14)4-10(15)6-8-5-9(12)2-3-11(8)13/h2-5H,6,14H2,1H3/b7-4-. The third-order valence-corrected chi connectivity index (χ3v) is 3.03. The van der Waals surface area contributed by atoms with Gasteiger partial charge in [0.2, 0.25) is 0 Å². The molecule has 0 aliphatic heterocycles. The van der Waals surface area contributed by atoms with E-state index in [2.05, 4.69) is 31.9 Å². The number of benzene rings is 1. The average molecular weight is 333 g/mol. The highest BCUT2D eigenvalue weighted by molar-refractivity contribution is 9.11. The Labute approximate surface area is 106 Å². The van der Waals surface area contributed by atoms with Crippen LogP contribution in [0.2, 0.25) is 0 Å². The van der Waals surface area contributed by atoms with Crippen molar-refractivity contribution in [2.24, 2.45) is 5.73 Å². The first kappa shape index (κ1) is 12.5. The zero-order valence-electron chi connectivity index (χ0n) is 8.26. The number of hydrogen-bond donors (Lipinski definition) is 1. The highest BCUT2D eigenvalue weighted by atomic mass is 79.9. The van der Waals surface area contributed by atoms with Crippen LogP contribution in [0.5, 0.6) is 0 Å². The zero-order chi connectivity index (χ0) is 11.4. The summed E-state index contributed by atoms with van der Waals surface area (Å²) in [7, 11) is 0. The number of rotatable bonds is 3.